The van der Waals surface area contributed by atoms with Crippen molar-refractivity contribution in [3.05, 3.63) is 21.3 Å². The normalized spacial score (nSPS) is 25.0. The van der Waals surface area contributed by atoms with Crippen molar-refractivity contribution < 1.29 is 5.11 Å². The van der Waals surface area contributed by atoms with E-state index in [2.05, 4.69) is 11.0 Å². The Kier molecular flexibility index (Phi) is 5.04. The van der Waals surface area contributed by atoms with Gasteiger partial charge in [0, 0.05) is 24.1 Å². The van der Waals surface area contributed by atoms with E-state index < -0.39 is 0 Å². The van der Waals surface area contributed by atoms with Crippen LogP contribution in [0.3, 0.4) is 0 Å². The third kappa shape index (κ3) is 3.25. The molecule has 1 aliphatic heterocycles. The van der Waals surface area contributed by atoms with E-state index in [1.807, 2.05) is 13.0 Å². The van der Waals surface area contributed by atoms with Crippen LogP contribution in [0.5, 0.6) is 0 Å². The van der Waals surface area contributed by atoms with E-state index >= 15 is 0 Å². The monoisotopic (exact) mass is 288 g/mol. The molecule has 2 heterocycles. The molecular weight excluding hydrogens is 268 g/mol. The SMILES string of the molecule is CC(N)C(c1ccc(Cl)s1)N1CCCC(CO)C1. The van der Waals surface area contributed by atoms with E-state index in [4.69, 9.17) is 17.3 Å². The molecule has 2 rings (SSSR count). The molecule has 0 aliphatic carbocycles. The Morgan fingerprint density at radius 2 is 2.39 bits per heavy atom. The maximum Gasteiger partial charge on any atom is 0.0931 e. The number of thiophene rings is 1. The van der Waals surface area contributed by atoms with Crippen molar-refractivity contribution in [2.24, 2.45) is 11.7 Å². The molecule has 1 aromatic rings. The molecule has 1 saturated heterocycles. The minimum absolute atomic E-state index is 0.0668. The fourth-order valence-corrected chi connectivity index (χ4v) is 4.07. The van der Waals surface area contributed by atoms with Gasteiger partial charge in [0.25, 0.3) is 0 Å². The van der Waals surface area contributed by atoms with E-state index in [9.17, 15) is 5.11 Å². The van der Waals surface area contributed by atoms with Crippen LogP contribution in [0.15, 0.2) is 12.1 Å². The summed E-state index contributed by atoms with van der Waals surface area (Å²) >= 11 is 7.63. The van der Waals surface area contributed by atoms with Gasteiger partial charge in [-0.25, -0.2) is 0 Å². The molecule has 0 amide bonds. The molecule has 5 heteroatoms. The van der Waals surface area contributed by atoms with Crippen molar-refractivity contribution in [3.8, 4) is 0 Å². The van der Waals surface area contributed by atoms with Crippen molar-refractivity contribution in [2.45, 2.75) is 31.8 Å². The van der Waals surface area contributed by atoms with E-state index in [1.54, 1.807) is 11.3 Å². The van der Waals surface area contributed by atoms with Crippen LogP contribution in [0.2, 0.25) is 4.34 Å². The lowest BCUT2D eigenvalue weighted by Crippen LogP contribution is -2.45. The van der Waals surface area contributed by atoms with Gasteiger partial charge in [-0.1, -0.05) is 11.6 Å². The predicted octanol–water partition coefficient (Wildman–Crippen LogP) is 2.49. The fraction of sp³-hybridized carbons (Fsp3) is 0.692. The summed E-state index contributed by atoms with van der Waals surface area (Å²) < 4.78 is 0.811. The highest BCUT2D eigenvalue weighted by Gasteiger charge is 2.29. The molecule has 1 aliphatic rings. The Labute approximate surface area is 118 Å². The number of rotatable bonds is 4. The van der Waals surface area contributed by atoms with Crippen LogP contribution in [0.1, 0.15) is 30.7 Å². The van der Waals surface area contributed by atoms with Gasteiger partial charge in [-0.2, -0.15) is 0 Å². The average molecular weight is 289 g/mol. The van der Waals surface area contributed by atoms with E-state index in [1.165, 1.54) is 4.88 Å². The van der Waals surface area contributed by atoms with Crippen molar-refractivity contribution in [1.82, 2.24) is 4.90 Å². The van der Waals surface area contributed by atoms with Gasteiger partial charge in [0.05, 0.1) is 10.4 Å². The summed E-state index contributed by atoms with van der Waals surface area (Å²) in [4.78, 5) is 3.63. The molecule has 0 radical (unpaired) electrons. The molecular formula is C13H21ClN2OS. The third-order valence-electron chi connectivity index (χ3n) is 3.59. The third-order valence-corrected chi connectivity index (χ3v) is 4.89. The number of aliphatic hydroxyl groups excluding tert-OH is 1. The van der Waals surface area contributed by atoms with E-state index in [0.29, 0.717) is 5.92 Å². The smallest absolute Gasteiger partial charge is 0.0931 e. The van der Waals surface area contributed by atoms with Crippen molar-refractivity contribution in [3.63, 3.8) is 0 Å². The highest BCUT2D eigenvalue weighted by atomic mass is 35.5. The largest absolute Gasteiger partial charge is 0.396 e. The number of hydrogen-bond donors (Lipinski definition) is 2. The second-order valence-corrected chi connectivity index (χ2v) is 6.88. The van der Waals surface area contributed by atoms with Crippen LogP contribution in [0.25, 0.3) is 0 Å². The first-order chi connectivity index (χ1) is 8.61. The Bertz CT molecular complexity index is 383. The number of hydrogen-bond acceptors (Lipinski definition) is 4. The Hall–Kier alpha value is -0.130. The molecule has 102 valence electrons. The lowest BCUT2D eigenvalue weighted by molar-refractivity contribution is 0.0806. The molecule has 1 aromatic heterocycles. The first-order valence-electron chi connectivity index (χ1n) is 6.47. The molecule has 3 N–H and O–H groups in total. The summed E-state index contributed by atoms with van der Waals surface area (Å²) in [5.74, 6) is 0.385. The zero-order valence-corrected chi connectivity index (χ0v) is 12.3. The molecule has 0 saturated carbocycles. The van der Waals surface area contributed by atoms with Gasteiger partial charge in [-0.3, -0.25) is 4.90 Å². The topological polar surface area (TPSA) is 49.5 Å². The minimum atomic E-state index is 0.0668. The van der Waals surface area contributed by atoms with Gasteiger partial charge in [0.15, 0.2) is 0 Å². The molecule has 3 atom stereocenters. The van der Waals surface area contributed by atoms with Gasteiger partial charge in [-0.15, -0.1) is 11.3 Å². The lowest BCUT2D eigenvalue weighted by Gasteiger charge is -2.39. The molecule has 1 fully saturated rings. The highest BCUT2D eigenvalue weighted by Crippen LogP contribution is 2.34. The van der Waals surface area contributed by atoms with Crippen molar-refractivity contribution in [1.29, 1.82) is 0 Å². The quantitative estimate of drug-likeness (QED) is 0.895. The molecule has 18 heavy (non-hydrogen) atoms. The predicted molar refractivity (Wildman–Crippen MR) is 77.1 cm³/mol. The average Bonchev–Trinajstić information content (AvgIpc) is 2.75. The molecule has 3 nitrogen and oxygen atoms in total. The number of aliphatic hydroxyl groups is 1. The summed E-state index contributed by atoms with van der Waals surface area (Å²) in [7, 11) is 0. The maximum atomic E-state index is 9.33. The summed E-state index contributed by atoms with van der Waals surface area (Å²) in [5, 5.41) is 9.33. The maximum absolute atomic E-state index is 9.33. The van der Waals surface area contributed by atoms with Crippen molar-refractivity contribution >= 4 is 22.9 Å². The molecule has 0 bridgehead atoms. The van der Waals surface area contributed by atoms with Gasteiger partial charge in [0.2, 0.25) is 0 Å². The highest BCUT2D eigenvalue weighted by molar-refractivity contribution is 7.16. The summed E-state index contributed by atoms with van der Waals surface area (Å²) in [6, 6.07) is 4.29. The van der Waals surface area contributed by atoms with Gasteiger partial charge in [-0.05, 0) is 44.4 Å². The summed E-state index contributed by atoms with van der Waals surface area (Å²) in [5.41, 5.74) is 6.16. The summed E-state index contributed by atoms with van der Waals surface area (Å²) in [6.07, 6.45) is 2.25. The Morgan fingerprint density at radius 3 is 2.94 bits per heavy atom. The number of likely N-dealkylation sites (tertiary alicyclic amines) is 1. The zero-order chi connectivity index (χ0) is 13.1. The first-order valence-corrected chi connectivity index (χ1v) is 7.67. The van der Waals surface area contributed by atoms with Crippen LogP contribution >= 0.6 is 22.9 Å². The molecule has 0 spiro atoms. The second-order valence-electron chi connectivity index (χ2n) is 5.13. The van der Waals surface area contributed by atoms with E-state index in [-0.39, 0.29) is 18.7 Å². The van der Waals surface area contributed by atoms with Crippen LogP contribution < -0.4 is 5.73 Å². The zero-order valence-electron chi connectivity index (χ0n) is 10.7. The van der Waals surface area contributed by atoms with Gasteiger partial charge < -0.3 is 10.8 Å². The number of piperidine rings is 1. The van der Waals surface area contributed by atoms with Gasteiger partial charge >= 0.3 is 0 Å². The molecule has 0 aromatic carbocycles. The van der Waals surface area contributed by atoms with Crippen molar-refractivity contribution in [2.75, 3.05) is 19.7 Å². The second kappa shape index (κ2) is 6.35. The lowest BCUT2D eigenvalue weighted by atomic mass is 9.95. The van der Waals surface area contributed by atoms with Crippen LogP contribution in [0.4, 0.5) is 0 Å². The Balaban J connectivity index is 2.14. The number of nitrogens with zero attached hydrogens (tertiary/aromatic N) is 1. The van der Waals surface area contributed by atoms with Crippen LogP contribution in [0, 0.1) is 5.92 Å². The summed E-state index contributed by atoms with van der Waals surface area (Å²) in [6.45, 7) is 4.30. The Morgan fingerprint density at radius 1 is 1.61 bits per heavy atom. The minimum Gasteiger partial charge on any atom is -0.396 e. The van der Waals surface area contributed by atoms with Gasteiger partial charge in [0.1, 0.15) is 0 Å². The number of nitrogens with two attached hydrogens (primary N) is 1. The number of halogens is 1. The standard InChI is InChI=1S/C13H21ClN2OS/c1-9(15)13(11-4-5-12(14)18-11)16-6-2-3-10(7-16)8-17/h4-5,9-10,13,17H,2-3,6-8,15H2,1H3. The fourth-order valence-electron chi connectivity index (χ4n) is 2.76. The molecule has 3 unspecified atom stereocenters. The first kappa shape index (κ1) is 14.3. The van der Waals surface area contributed by atoms with Crippen LogP contribution in [-0.4, -0.2) is 35.7 Å². The van der Waals surface area contributed by atoms with E-state index in [0.717, 1.165) is 30.3 Å². The van der Waals surface area contributed by atoms with Crippen LogP contribution in [-0.2, 0) is 0 Å².